The minimum Gasteiger partial charge on any atom is -0.282 e. The maximum absolute atomic E-state index is 13.8. The maximum atomic E-state index is 13.8. The van der Waals surface area contributed by atoms with Crippen molar-refractivity contribution in [3.05, 3.63) is 106 Å². The highest BCUT2D eigenvalue weighted by molar-refractivity contribution is 6.36. The summed E-state index contributed by atoms with van der Waals surface area (Å²) in [7, 11) is 0. The molecule has 0 aromatic heterocycles. The van der Waals surface area contributed by atoms with Crippen LogP contribution >= 0.6 is 34.8 Å². The van der Waals surface area contributed by atoms with Crippen LogP contribution in [0.1, 0.15) is 58.3 Å². The van der Waals surface area contributed by atoms with Gasteiger partial charge in [-0.1, -0.05) is 78.7 Å². The predicted molar refractivity (Wildman–Crippen MR) is 155 cm³/mol. The molecule has 1 heterocycles. The van der Waals surface area contributed by atoms with Crippen LogP contribution in [-0.2, 0) is 24.1 Å². The van der Waals surface area contributed by atoms with Crippen LogP contribution in [0.3, 0.4) is 0 Å². The number of hydrazine groups is 1. The van der Waals surface area contributed by atoms with Crippen LogP contribution in [0.25, 0.3) is 0 Å². The van der Waals surface area contributed by atoms with E-state index in [2.05, 4.69) is 10.9 Å². The number of nitrogens with one attached hydrogen (secondary N) is 2. The first-order valence-electron chi connectivity index (χ1n) is 13.5. The molecule has 0 saturated carbocycles. The topological polar surface area (TPSA) is 95.6 Å². The number of alkyl halides is 2. The minimum absolute atomic E-state index is 0.163. The lowest BCUT2D eigenvalue weighted by molar-refractivity contribution is -0.140. The van der Waals surface area contributed by atoms with Crippen LogP contribution in [-0.4, -0.2) is 35.1 Å². The van der Waals surface area contributed by atoms with E-state index in [4.69, 9.17) is 34.8 Å². The molecule has 3 aliphatic carbocycles. The van der Waals surface area contributed by atoms with Gasteiger partial charge in [0.1, 0.15) is 9.75 Å². The quantitative estimate of drug-likeness (QED) is 0.165. The largest absolute Gasteiger partial charge is 0.282 e. The summed E-state index contributed by atoms with van der Waals surface area (Å²) in [6.45, 7) is 0.210. The lowest BCUT2D eigenvalue weighted by Gasteiger charge is -2.54. The van der Waals surface area contributed by atoms with Gasteiger partial charge in [-0.05, 0) is 47.2 Å². The van der Waals surface area contributed by atoms with Crippen LogP contribution in [0, 0.1) is 11.8 Å². The number of hydrogen-bond donors (Lipinski definition) is 2. The second kappa shape index (κ2) is 10.5. The number of halogens is 3. The third-order valence-electron chi connectivity index (χ3n) is 8.40. The fourth-order valence-electron chi connectivity index (χ4n) is 6.58. The molecule has 1 aliphatic heterocycles. The van der Waals surface area contributed by atoms with Crippen molar-refractivity contribution in [3.63, 3.8) is 0 Å². The van der Waals surface area contributed by atoms with E-state index < -0.39 is 27.5 Å². The minimum atomic E-state index is -1.19. The summed E-state index contributed by atoms with van der Waals surface area (Å²) >= 11 is 20.9. The summed E-state index contributed by atoms with van der Waals surface area (Å²) < 4.78 is 0. The molecular weight excluding hydrogens is 585 g/mol. The summed E-state index contributed by atoms with van der Waals surface area (Å²) in [6.07, 6.45) is 1.78. The number of imide groups is 1. The zero-order valence-electron chi connectivity index (χ0n) is 21.8. The summed E-state index contributed by atoms with van der Waals surface area (Å²) in [4.78, 5) is 51.0. The number of unbranched alkanes of at least 4 members (excludes halogenated alkanes) is 2. The molecule has 0 unspecified atom stereocenters. The Bertz CT molecular complexity index is 1470. The van der Waals surface area contributed by atoms with E-state index in [1.807, 2.05) is 48.5 Å². The Hall–Kier alpha value is -3.39. The van der Waals surface area contributed by atoms with Gasteiger partial charge in [-0.15, -0.1) is 23.2 Å². The van der Waals surface area contributed by atoms with Gasteiger partial charge in [0, 0.05) is 13.0 Å². The first kappa shape index (κ1) is 27.8. The fourth-order valence-corrected chi connectivity index (χ4v) is 7.90. The first-order valence-corrected chi connectivity index (χ1v) is 14.6. The van der Waals surface area contributed by atoms with E-state index in [1.165, 1.54) is 4.90 Å². The molecule has 2 bridgehead atoms. The van der Waals surface area contributed by atoms with Crippen molar-refractivity contribution in [1.82, 2.24) is 15.8 Å². The molecule has 0 spiro atoms. The molecule has 2 N–H and O–H groups in total. The number of carbonyl (C=O) groups excluding carboxylic acids is 4. The second-order valence-corrected chi connectivity index (χ2v) is 12.2. The van der Waals surface area contributed by atoms with Crippen molar-refractivity contribution in [2.75, 3.05) is 6.54 Å². The van der Waals surface area contributed by atoms with Crippen LogP contribution in [0.15, 0.2) is 72.8 Å². The molecule has 2 atom stereocenters. The number of carbonyl (C=O) groups is 4. The monoisotopic (exact) mass is 609 g/mol. The first-order chi connectivity index (χ1) is 19.7. The number of hydrogen-bond acceptors (Lipinski definition) is 4. The molecule has 210 valence electrons. The van der Waals surface area contributed by atoms with Gasteiger partial charge in [0.15, 0.2) is 0 Å². The van der Waals surface area contributed by atoms with Crippen LogP contribution in [0.5, 0.6) is 0 Å². The molecule has 1 fully saturated rings. The Kier molecular flexibility index (Phi) is 7.09. The average Bonchev–Trinajstić information content (AvgIpc) is 3.25. The highest BCUT2D eigenvalue weighted by Crippen LogP contribution is 2.69. The molecule has 7 rings (SSSR count). The van der Waals surface area contributed by atoms with Crippen LogP contribution in [0.4, 0.5) is 0 Å². The summed E-state index contributed by atoms with van der Waals surface area (Å²) in [5.74, 6) is -3.13. The van der Waals surface area contributed by atoms with E-state index in [0.717, 1.165) is 22.3 Å². The van der Waals surface area contributed by atoms with Crippen molar-refractivity contribution in [2.45, 2.75) is 35.4 Å². The van der Waals surface area contributed by atoms with Crippen molar-refractivity contribution in [1.29, 1.82) is 0 Å². The number of likely N-dealkylation sites (tertiary alicyclic amines) is 1. The Morgan fingerprint density at radius 2 is 1.20 bits per heavy atom. The molecule has 0 radical (unpaired) electrons. The van der Waals surface area contributed by atoms with Crippen LogP contribution < -0.4 is 10.9 Å². The normalized spacial score (nSPS) is 25.4. The predicted octanol–water partition coefficient (Wildman–Crippen LogP) is 5.25. The standard InChI is InChI=1S/C31H26Cl3N3O4/c32-23-15-8-3-10-18(23)27(39)36-35-24(38)16-2-1-9-17-37-28(40)25-26(29(37)41)31(34)20-12-5-4-11-19(20)30(25,33)21-13-6-7-14-22(21)31/h3-8,10-15,25-26H,1-2,9,16-17H2,(H,35,38)(H,36,39)/t25-,26-,30?,31?/m1/s1. The highest BCUT2D eigenvalue weighted by Gasteiger charge is 2.72. The smallest absolute Gasteiger partial charge is 0.271 e. The molecular formula is C31H26Cl3N3O4. The number of rotatable bonds is 7. The summed E-state index contributed by atoms with van der Waals surface area (Å²) in [5.41, 5.74) is 8.08. The van der Waals surface area contributed by atoms with Gasteiger partial charge >= 0.3 is 0 Å². The summed E-state index contributed by atoms with van der Waals surface area (Å²) in [5, 5.41) is 0.283. The molecule has 1 saturated heterocycles. The van der Waals surface area contributed by atoms with Gasteiger partial charge in [-0.2, -0.15) is 0 Å². The van der Waals surface area contributed by atoms with E-state index in [0.29, 0.717) is 19.3 Å². The Labute approximate surface area is 252 Å². The SMILES string of the molecule is O=C(CCCCCN1C(=O)[C@H]2[C@H](C1=O)C1(Cl)c3ccccc3C2(Cl)c2ccccc21)NNC(=O)c1ccccc1Cl. The van der Waals surface area contributed by atoms with Crippen molar-refractivity contribution in [2.24, 2.45) is 11.8 Å². The van der Waals surface area contributed by atoms with Crippen molar-refractivity contribution in [3.8, 4) is 0 Å². The zero-order valence-corrected chi connectivity index (χ0v) is 24.1. The molecule has 10 heteroatoms. The third kappa shape index (κ3) is 4.17. The van der Waals surface area contributed by atoms with Crippen molar-refractivity contribution >= 4 is 58.4 Å². The Balaban J connectivity index is 1.09. The number of benzene rings is 3. The average molecular weight is 611 g/mol. The molecule has 7 nitrogen and oxygen atoms in total. The number of amides is 4. The van der Waals surface area contributed by atoms with Crippen LogP contribution in [0.2, 0.25) is 5.02 Å². The third-order valence-corrected chi connectivity index (χ3v) is 10.0. The number of nitrogens with zero attached hydrogens (tertiary/aromatic N) is 1. The Morgan fingerprint density at radius 3 is 1.71 bits per heavy atom. The Morgan fingerprint density at radius 1 is 0.707 bits per heavy atom. The fraction of sp³-hybridized carbons (Fsp3) is 0.290. The van der Waals surface area contributed by atoms with E-state index in [1.54, 1.807) is 24.3 Å². The second-order valence-electron chi connectivity index (χ2n) is 10.6. The molecule has 41 heavy (non-hydrogen) atoms. The molecule has 4 amide bonds. The van der Waals surface area contributed by atoms with Crippen molar-refractivity contribution < 1.29 is 19.2 Å². The van der Waals surface area contributed by atoms with Gasteiger partial charge in [-0.3, -0.25) is 34.9 Å². The lowest BCUT2D eigenvalue weighted by Crippen LogP contribution is -2.57. The summed E-state index contributed by atoms with van der Waals surface area (Å²) in [6, 6.07) is 21.6. The van der Waals surface area contributed by atoms with E-state index in [-0.39, 0.29) is 41.3 Å². The maximum Gasteiger partial charge on any atom is 0.271 e. The lowest BCUT2D eigenvalue weighted by atomic mass is 9.54. The molecule has 3 aromatic rings. The van der Waals surface area contributed by atoms with Gasteiger partial charge < -0.3 is 0 Å². The van der Waals surface area contributed by atoms with E-state index >= 15 is 0 Å². The zero-order chi connectivity index (χ0) is 28.9. The van der Waals surface area contributed by atoms with E-state index in [9.17, 15) is 19.2 Å². The van der Waals surface area contributed by atoms with Gasteiger partial charge in [0.05, 0.1) is 22.4 Å². The molecule has 3 aromatic carbocycles. The van der Waals surface area contributed by atoms with Gasteiger partial charge in [0.2, 0.25) is 17.7 Å². The molecule has 4 aliphatic rings. The van der Waals surface area contributed by atoms with Gasteiger partial charge in [-0.25, -0.2) is 0 Å². The highest BCUT2D eigenvalue weighted by atomic mass is 35.5. The van der Waals surface area contributed by atoms with Gasteiger partial charge in [0.25, 0.3) is 5.91 Å².